The van der Waals surface area contributed by atoms with Gasteiger partial charge in [-0.2, -0.15) is 0 Å². The summed E-state index contributed by atoms with van der Waals surface area (Å²) in [6.45, 7) is 12.2. The van der Waals surface area contributed by atoms with Crippen molar-refractivity contribution in [2.75, 3.05) is 19.8 Å². The SMILES string of the molecule is [CH2]COCCO[Si](c1ccccc1)(c1ccccc1)C(C)(C)C. The van der Waals surface area contributed by atoms with E-state index in [2.05, 4.69) is 88.4 Å². The van der Waals surface area contributed by atoms with E-state index in [1.54, 1.807) is 0 Å². The van der Waals surface area contributed by atoms with Gasteiger partial charge in [0, 0.05) is 6.61 Å². The van der Waals surface area contributed by atoms with Crippen LogP contribution >= 0.6 is 0 Å². The predicted octanol–water partition coefficient (Wildman–Crippen LogP) is 3.41. The first-order valence-corrected chi connectivity index (χ1v) is 10.0. The highest BCUT2D eigenvalue weighted by molar-refractivity contribution is 6.99. The van der Waals surface area contributed by atoms with Crippen LogP contribution in [0.2, 0.25) is 5.04 Å². The van der Waals surface area contributed by atoms with Gasteiger partial charge in [0.15, 0.2) is 0 Å². The summed E-state index contributed by atoms with van der Waals surface area (Å²) in [5.74, 6) is 0. The van der Waals surface area contributed by atoms with Crippen LogP contribution in [0.5, 0.6) is 0 Å². The highest BCUT2D eigenvalue weighted by atomic mass is 28.4. The Balaban J connectivity index is 2.51. The molecule has 0 saturated carbocycles. The first-order valence-electron chi connectivity index (χ1n) is 8.14. The molecule has 0 aliphatic carbocycles. The van der Waals surface area contributed by atoms with Crippen LogP contribution in [0.3, 0.4) is 0 Å². The maximum Gasteiger partial charge on any atom is 0.261 e. The Bertz CT molecular complexity index is 536. The topological polar surface area (TPSA) is 18.5 Å². The van der Waals surface area contributed by atoms with E-state index in [1.807, 2.05) is 0 Å². The van der Waals surface area contributed by atoms with Gasteiger partial charge in [-0.3, -0.25) is 0 Å². The van der Waals surface area contributed by atoms with Gasteiger partial charge < -0.3 is 9.16 Å². The molecular weight excluding hydrogens is 300 g/mol. The second-order valence-electron chi connectivity index (χ2n) is 6.62. The molecule has 0 aliphatic heterocycles. The van der Waals surface area contributed by atoms with Crippen molar-refractivity contribution in [3.63, 3.8) is 0 Å². The lowest BCUT2D eigenvalue weighted by molar-refractivity contribution is 0.116. The molecule has 0 bridgehead atoms. The molecule has 3 heteroatoms. The fourth-order valence-corrected chi connectivity index (χ4v) is 7.66. The molecule has 23 heavy (non-hydrogen) atoms. The Morgan fingerprint density at radius 1 is 0.826 bits per heavy atom. The molecule has 0 heterocycles. The summed E-state index contributed by atoms with van der Waals surface area (Å²) in [5, 5.41) is 2.61. The fraction of sp³-hybridized carbons (Fsp3) is 0.350. The average Bonchev–Trinajstić information content (AvgIpc) is 2.55. The summed E-state index contributed by atoms with van der Waals surface area (Å²) in [6, 6.07) is 21.3. The van der Waals surface area contributed by atoms with Crippen molar-refractivity contribution < 1.29 is 9.16 Å². The fourth-order valence-electron chi connectivity index (χ4n) is 3.12. The van der Waals surface area contributed by atoms with Crippen molar-refractivity contribution in [3.05, 3.63) is 67.6 Å². The molecule has 2 rings (SSSR count). The Morgan fingerprint density at radius 3 is 1.70 bits per heavy atom. The van der Waals surface area contributed by atoms with Crippen LogP contribution in [0.15, 0.2) is 60.7 Å². The Labute approximate surface area is 141 Å². The van der Waals surface area contributed by atoms with Crippen LogP contribution in [0, 0.1) is 6.92 Å². The molecule has 0 aliphatic rings. The molecule has 0 unspecified atom stereocenters. The zero-order chi connectivity index (χ0) is 16.8. The normalized spacial score (nSPS) is 12.3. The largest absolute Gasteiger partial charge is 0.405 e. The van der Waals surface area contributed by atoms with Crippen molar-refractivity contribution in [1.29, 1.82) is 0 Å². The highest BCUT2D eigenvalue weighted by Gasteiger charge is 2.49. The molecule has 2 nitrogen and oxygen atoms in total. The molecular formula is C20H27O2Si. The third-order valence-corrected chi connectivity index (χ3v) is 9.15. The lowest BCUT2D eigenvalue weighted by Crippen LogP contribution is -2.66. The second-order valence-corrected chi connectivity index (χ2v) is 10.9. The second kappa shape index (κ2) is 7.91. The molecule has 0 spiro atoms. The molecule has 2 aromatic rings. The van der Waals surface area contributed by atoms with Gasteiger partial charge in [0.05, 0.1) is 13.2 Å². The summed E-state index contributed by atoms with van der Waals surface area (Å²) in [5.41, 5.74) is 0. The molecule has 0 saturated heterocycles. The standard InChI is InChI=1S/C20H27O2Si/c1-5-21-16-17-22-23(20(2,3)4,18-12-8-6-9-13-18)19-14-10-7-11-15-19/h6-15H,1,5,16-17H2,2-4H3. The number of benzene rings is 2. The minimum absolute atomic E-state index is 0.0141. The van der Waals surface area contributed by atoms with Crippen LogP contribution < -0.4 is 10.4 Å². The number of hydrogen-bond acceptors (Lipinski definition) is 2. The van der Waals surface area contributed by atoms with Crippen LogP contribution in [0.1, 0.15) is 20.8 Å². The lowest BCUT2D eigenvalue weighted by atomic mass is 10.2. The van der Waals surface area contributed by atoms with Crippen molar-refractivity contribution in [2.24, 2.45) is 0 Å². The van der Waals surface area contributed by atoms with E-state index in [0.29, 0.717) is 19.8 Å². The average molecular weight is 328 g/mol. The molecule has 1 radical (unpaired) electrons. The molecule has 0 atom stereocenters. The first kappa shape index (κ1) is 17.9. The van der Waals surface area contributed by atoms with Crippen molar-refractivity contribution in [1.82, 2.24) is 0 Å². The molecule has 123 valence electrons. The summed E-state index contributed by atoms with van der Waals surface area (Å²) < 4.78 is 12.1. The van der Waals surface area contributed by atoms with Gasteiger partial charge in [0.25, 0.3) is 8.32 Å². The third-order valence-electron chi connectivity index (χ3n) is 4.11. The Hall–Kier alpha value is -1.42. The number of hydrogen-bond donors (Lipinski definition) is 0. The van der Waals surface area contributed by atoms with Crippen LogP contribution in [0.4, 0.5) is 0 Å². The highest BCUT2D eigenvalue weighted by Crippen LogP contribution is 2.36. The lowest BCUT2D eigenvalue weighted by Gasteiger charge is -2.43. The quantitative estimate of drug-likeness (QED) is 0.573. The van der Waals surface area contributed by atoms with Crippen LogP contribution in [-0.2, 0) is 9.16 Å². The van der Waals surface area contributed by atoms with Gasteiger partial charge in [-0.25, -0.2) is 0 Å². The van der Waals surface area contributed by atoms with E-state index < -0.39 is 8.32 Å². The van der Waals surface area contributed by atoms with E-state index in [0.717, 1.165) is 0 Å². The number of rotatable bonds is 7. The van der Waals surface area contributed by atoms with Crippen LogP contribution in [0.25, 0.3) is 0 Å². The summed E-state index contributed by atoms with van der Waals surface area (Å²) >= 11 is 0. The molecule has 2 aromatic carbocycles. The van der Waals surface area contributed by atoms with E-state index >= 15 is 0 Å². The van der Waals surface area contributed by atoms with E-state index in [9.17, 15) is 0 Å². The molecule has 0 N–H and O–H groups in total. The van der Waals surface area contributed by atoms with Crippen molar-refractivity contribution in [2.45, 2.75) is 25.8 Å². The molecule has 0 amide bonds. The molecule has 0 fully saturated rings. The first-order chi connectivity index (χ1) is 11.0. The van der Waals surface area contributed by atoms with E-state index in [1.165, 1.54) is 10.4 Å². The maximum absolute atomic E-state index is 6.65. The van der Waals surface area contributed by atoms with Gasteiger partial charge >= 0.3 is 0 Å². The number of ether oxygens (including phenoxy) is 1. The van der Waals surface area contributed by atoms with Gasteiger partial charge in [-0.15, -0.1) is 0 Å². The zero-order valence-electron chi connectivity index (χ0n) is 14.4. The Morgan fingerprint density at radius 2 is 1.30 bits per heavy atom. The summed E-state index contributed by atoms with van der Waals surface area (Å²) in [6.07, 6.45) is 0. The van der Waals surface area contributed by atoms with Gasteiger partial charge in [-0.1, -0.05) is 81.4 Å². The van der Waals surface area contributed by atoms with Crippen molar-refractivity contribution in [3.8, 4) is 0 Å². The van der Waals surface area contributed by atoms with Crippen LogP contribution in [-0.4, -0.2) is 28.1 Å². The summed E-state index contributed by atoms with van der Waals surface area (Å²) in [4.78, 5) is 0. The van der Waals surface area contributed by atoms with E-state index in [-0.39, 0.29) is 5.04 Å². The van der Waals surface area contributed by atoms with Gasteiger partial charge in [0.2, 0.25) is 0 Å². The monoisotopic (exact) mass is 327 g/mol. The zero-order valence-corrected chi connectivity index (χ0v) is 15.4. The van der Waals surface area contributed by atoms with Gasteiger partial charge in [-0.05, 0) is 22.3 Å². The predicted molar refractivity (Wildman–Crippen MR) is 99.7 cm³/mol. The third kappa shape index (κ3) is 3.92. The Kier molecular flexibility index (Phi) is 6.16. The minimum atomic E-state index is -2.40. The van der Waals surface area contributed by atoms with Crippen molar-refractivity contribution >= 4 is 18.7 Å². The smallest absolute Gasteiger partial charge is 0.261 e. The minimum Gasteiger partial charge on any atom is -0.405 e. The maximum atomic E-state index is 6.65. The summed E-state index contributed by atoms with van der Waals surface area (Å²) in [7, 11) is -2.40. The van der Waals surface area contributed by atoms with E-state index in [4.69, 9.17) is 9.16 Å². The molecule has 0 aromatic heterocycles. The van der Waals surface area contributed by atoms with Gasteiger partial charge in [0.1, 0.15) is 0 Å².